The Kier molecular flexibility index (Phi) is 4.97. The standard InChI is InChI=1S/C19H24ClN3O3/c1-19(2,3)10-23-9-14-11(5-12(18(23)25)7-16(24)26-4)6-15(20)17-13(14)8-21-22-17/h6,8,12H,5,7,9-10H2,1-4H3,(H,21,22). The summed E-state index contributed by atoms with van der Waals surface area (Å²) in [5.41, 5.74) is 2.75. The lowest BCUT2D eigenvalue weighted by atomic mass is 9.92. The van der Waals surface area contributed by atoms with Crippen LogP contribution in [0.5, 0.6) is 0 Å². The van der Waals surface area contributed by atoms with E-state index in [-0.39, 0.29) is 23.7 Å². The van der Waals surface area contributed by atoms with E-state index in [0.717, 1.165) is 22.0 Å². The highest BCUT2D eigenvalue weighted by Gasteiger charge is 2.34. The minimum absolute atomic E-state index is 0.0192. The summed E-state index contributed by atoms with van der Waals surface area (Å²) < 4.78 is 4.80. The van der Waals surface area contributed by atoms with Crippen LogP contribution in [-0.2, 0) is 27.3 Å². The molecule has 6 nitrogen and oxygen atoms in total. The Hall–Kier alpha value is -2.08. The Morgan fingerprint density at radius 2 is 2.19 bits per heavy atom. The number of nitrogens with zero attached hydrogens (tertiary/aromatic N) is 2. The molecule has 140 valence electrons. The predicted octanol–water partition coefficient (Wildman–Crippen LogP) is 3.33. The van der Waals surface area contributed by atoms with Crippen LogP contribution < -0.4 is 0 Å². The summed E-state index contributed by atoms with van der Waals surface area (Å²) in [5.74, 6) is -0.848. The van der Waals surface area contributed by atoms with Gasteiger partial charge in [-0.2, -0.15) is 5.10 Å². The lowest BCUT2D eigenvalue weighted by Gasteiger charge is -2.31. The SMILES string of the molecule is COC(=O)CC1Cc2cc(Cl)c3[nH]ncc3c2CN(CC(C)(C)C)C1=O. The average molecular weight is 378 g/mol. The van der Waals surface area contributed by atoms with Gasteiger partial charge in [0, 0.05) is 18.5 Å². The third kappa shape index (κ3) is 3.70. The van der Waals surface area contributed by atoms with Gasteiger partial charge in [0.15, 0.2) is 0 Å². The molecule has 0 saturated heterocycles. The molecule has 1 aromatic heterocycles. The number of esters is 1. The fraction of sp³-hybridized carbons (Fsp3) is 0.526. The van der Waals surface area contributed by atoms with Crippen molar-refractivity contribution in [3.63, 3.8) is 0 Å². The predicted molar refractivity (Wildman–Crippen MR) is 99.8 cm³/mol. The molecule has 1 atom stereocenters. The number of hydrogen-bond donors (Lipinski definition) is 1. The van der Waals surface area contributed by atoms with E-state index in [1.807, 2.05) is 11.0 Å². The number of ether oxygens (including phenoxy) is 1. The first-order valence-corrected chi connectivity index (χ1v) is 9.06. The maximum Gasteiger partial charge on any atom is 0.306 e. The van der Waals surface area contributed by atoms with E-state index in [1.54, 1.807) is 6.20 Å². The Labute approximate surface area is 157 Å². The molecule has 2 heterocycles. The van der Waals surface area contributed by atoms with E-state index in [0.29, 0.717) is 24.5 Å². The number of methoxy groups -OCH3 is 1. The van der Waals surface area contributed by atoms with Crippen molar-refractivity contribution in [2.45, 2.75) is 40.2 Å². The molecular weight excluding hydrogens is 354 g/mol. The van der Waals surface area contributed by atoms with Crippen LogP contribution in [0.15, 0.2) is 12.3 Å². The summed E-state index contributed by atoms with van der Waals surface area (Å²) in [4.78, 5) is 26.9. The Morgan fingerprint density at radius 3 is 2.85 bits per heavy atom. The van der Waals surface area contributed by atoms with Gasteiger partial charge in [0.05, 0.1) is 36.2 Å². The number of benzene rings is 1. The number of rotatable bonds is 3. The van der Waals surface area contributed by atoms with Crippen molar-refractivity contribution in [2.24, 2.45) is 11.3 Å². The molecule has 1 N–H and O–H groups in total. The summed E-state index contributed by atoms with van der Waals surface area (Å²) in [7, 11) is 1.34. The number of fused-ring (bicyclic) bond motifs is 3. The first kappa shape index (κ1) is 18.7. The van der Waals surface area contributed by atoms with E-state index in [4.69, 9.17) is 16.3 Å². The molecular formula is C19H24ClN3O3. The zero-order valence-corrected chi connectivity index (χ0v) is 16.3. The highest BCUT2D eigenvalue weighted by Crippen LogP contribution is 2.35. The first-order valence-electron chi connectivity index (χ1n) is 8.68. The smallest absolute Gasteiger partial charge is 0.306 e. The number of aromatic nitrogens is 2. The van der Waals surface area contributed by atoms with Crippen molar-refractivity contribution in [1.29, 1.82) is 0 Å². The molecule has 1 aliphatic rings. The van der Waals surface area contributed by atoms with Crippen LogP contribution in [0.1, 0.15) is 38.3 Å². The Morgan fingerprint density at radius 1 is 1.46 bits per heavy atom. The van der Waals surface area contributed by atoms with Crippen LogP contribution in [0.3, 0.4) is 0 Å². The Bertz CT molecular complexity index is 854. The molecule has 1 amide bonds. The quantitative estimate of drug-likeness (QED) is 0.832. The van der Waals surface area contributed by atoms with Gasteiger partial charge in [-0.05, 0) is 29.0 Å². The zero-order chi connectivity index (χ0) is 19.1. The summed E-state index contributed by atoms with van der Waals surface area (Å²) >= 11 is 6.39. The van der Waals surface area contributed by atoms with Gasteiger partial charge < -0.3 is 9.64 Å². The monoisotopic (exact) mass is 377 g/mol. The molecule has 1 unspecified atom stereocenters. The van der Waals surface area contributed by atoms with Crippen molar-refractivity contribution in [1.82, 2.24) is 15.1 Å². The number of hydrogen-bond acceptors (Lipinski definition) is 4. The second kappa shape index (κ2) is 6.91. The maximum absolute atomic E-state index is 13.2. The highest BCUT2D eigenvalue weighted by molar-refractivity contribution is 6.35. The number of amides is 1. The van der Waals surface area contributed by atoms with E-state index >= 15 is 0 Å². The van der Waals surface area contributed by atoms with E-state index in [2.05, 4.69) is 31.0 Å². The first-order chi connectivity index (χ1) is 12.2. The van der Waals surface area contributed by atoms with Gasteiger partial charge in [-0.25, -0.2) is 0 Å². The van der Waals surface area contributed by atoms with Gasteiger partial charge >= 0.3 is 5.97 Å². The van der Waals surface area contributed by atoms with Crippen molar-refractivity contribution in [2.75, 3.05) is 13.7 Å². The van der Waals surface area contributed by atoms with Crippen molar-refractivity contribution in [3.05, 3.63) is 28.4 Å². The fourth-order valence-corrected chi connectivity index (χ4v) is 3.86. The minimum Gasteiger partial charge on any atom is -0.469 e. The largest absolute Gasteiger partial charge is 0.469 e. The zero-order valence-electron chi connectivity index (χ0n) is 15.6. The summed E-state index contributed by atoms with van der Waals surface area (Å²) in [5, 5.41) is 8.54. The molecule has 0 spiro atoms. The molecule has 0 saturated carbocycles. The third-order valence-electron chi connectivity index (χ3n) is 4.67. The molecule has 1 aliphatic heterocycles. The number of aromatic amines is 1. The molecule has 2 aromatic rings. The fourth-order valence-electron chi connectivity index (χ4n) is 3.58. The van der Waals surface area contributed by atoms with Crippen LogP contribution in [-0.4, -0.2) is 40.6 Å². The topological polar surface area (TPSA) is 75.3 Å². The van der Waals surface area contributed by atoms with Gasteiger partial charge in [-0.3, -0.25) is 14.7 Å². The summed E-state index contributed by atoms with van der Waals surface area (Å²) in [6.45, 7) is 7.37. The normalized spacial score (nSPS) is 18.0. The van der Waals surface area contributed by atoms with Gasteiger partial charge in [0.25, 0.3) is 0 Å². The molecule has 0 bridgehead atoms. The van der Waals surface area contributed by atoms with Crippen LogP contribution >= 0.6 is 11.6 Å². The van der Waals surface area contributed by atoms with Crippen LogP contribution in [0.4, 0.5) is 0 Å². The minimum atomic E-state index is -0.452. The molecule has 3 rings (SSSR count). The second-order valence-electron chi connectivity index (χ2n) is 8.09. The molecule has 0 radical (unpaired) electrons. The van der Waals surface area contributed by atoms with E-state index < -0.39 is 5.92 Å². The molecule has 7 heteroatoms. The van der Waals surface area contributed by atoms with Gasteiger partial charge in [-0.1, -0.05) is 32.4 Å². The van der Waals surface area contributed by atoms with Crippen LogP contribution in [0, 0.1) is 11.3 Å². The number of halogens is 1. The Balaban J connectivity index is 2.08. The molecule has 26 heavy (non-hydrogen) atoms. The third-order valence-corrected chi connectivity index (χ3v) is 4.97. The van der Waals surface area contributed by atoms with E-state index in [1.165, 1.54) is 7.11 Å². The van der Waals surface area contributed by atoms with Crippen molar-refractivity contribution in [3.8, 4) is 0 Å². The molecule has 1 aromatic carbocycles. The number of carbonyl (C=O) groups excluding carboxylic acids is 2. The number of nitrogens with one attached hydrogen (secondary N) is 1. The van der Waals surface area contributed by atoms with Gasteiger partial charge in [-0.15, -0.1) is 0 Å². The van der Waals surface area contributed by atoms with Crippen LogP contribution in [0.25, 0.3) is 10.9 Å². The van der Waals surface area contributed by atoms with Crippen molar-refractivity contribution >= 4 is 34.4 Å². The van der Waals surface area contributed by atoms with Crippen molar-refractivity contribution < 1.29 is 14.3 Å². The van der Waals surface area contributed by atoms with Gasteiger partial charge in [0.1, 0.15) is 0 Å². The molecule has 0 aliphatic carbocycles. The maximum atomic E-state index is 13.2. The summed E-state index contributed by atoms with van der Waals surface area (Å²) in [6, 6.07) is 1.88. The lowest BCUT2D eigenvalue weighted by molar-refractivity contribution is -0.147. The van der Waals surface area contributed by atoms with E-state index in [9.17, 15) is 9.59 Å². The highest BCUT2D eigenvalue weighted by atomic mass is 35.5. The second-order valence-corrected chi connectivity index (χ2v) is 8.50. The van der Waals surface area contributed by atoms with Crippen LogP contribution in [0.2, 0.25) is 5.02 Å². The summed E-state index contributed by atoms with van der Waals surface area (Å²) in [6.07, 6.45) is 2.28. The number of carbonyl (C=O) groups is 2. The number of H-pyrrole nitrogens is 1. The lowest BCUT2D eigenvalue weighted by Crippen LogP contribution is -2.40. The molecule has 0 fully saturated rings. The average Bonchev–Trinajstić information content (AvgIpc) is 3.00. The van der Waals surface area contributed by atoms with Gasteiger partial charge in [0.2, 0.25) is 5.91 Å².